The van der Waals surface area contributed by atoms with Gasteiger partial charge >= 0.3 is 0 Å². The average Bonchev–Trinajstić information content (AvgIpc) is 2.54. The van der Waals surface area contributed by atoms with Crippen LogP contribution in [-0.2, 0) is 17.5 Å². The molecule has 128 valence electrons. The number of hydrogen-bond donors (Lipinski definition) is 3. The van der Waals surface area contributed by atoms with Crippen LogP contribution in [0.3, 0.4) is 0 Å². The predicted molar refractivity (Wildman–Crippen MR) is 82.7 cm³/mol. The summed E-state index contributed by atoms with van der Waals surface area (Å²) in [4.78, 5) is -0.0635. The molecule has 24 heavy (non-hydrogen) atoms. The molecule has 1 heterocycles. The van der Waals surface area contributed by atoms with Gasteiger partial charge in [-0.3, -0.25) is 0 Å². The standard InChI is InChI=1S/C16H16O7S/c1-22-14-3-2-8(4-12(14)18)16-13(19)7-10-11(17)5-9(24(20)21)6-15(10)23-16/h2-6,13,16-19H,7H2,1H3,(H,20,21)/p-1. The van der Waals surface area contributed by atoms with E-state index in [4.69, 9.17) is 14.0 Å². The summed E-state index contributed by atoms with van der Waals surface area (Å²) in [5, 5.41) is 32.2. The second kappa shape index (κ2) is 6.31. The molecule has 3 atom stereocenters. The number of aliphatic hydroxyl groups is 1. The summed E-state index contributed by atoms with van der Waals surface area (Å²) in [6.45, 7) is 0. The highest BCUT2D eigenvalue weighted by Gasteiger charge is 2.31. The third kappa shape index (κ3) is 2.91. The van der Waals surface area contributed by atoms with Gasteiger partial charge in [-0.1, -0.05) is 12.1 Å². The highest BCUT2D eigenvalue weighted by molar-refractivity contribution is 7.79. The van der Waals surface area contributed by atoms with Gasteiger partial charge in [-0.25, -0.2) is 4.21 Å². The van der Waals surface area contributed by atoms with Crippen LogP contribution in [0.1, 0.15) is 17.2 Å². The van der Waals surface area contributed by atoms with Gasteiger partial charge in [0.05, 0.1) is 18.1 Å². The highest BCUT2D eigenvalue weighted by Crippen LogP contribution is 2.41. The van der Waals surface area contributed by atoms with Crippen molar-refractivity contribution in [3.05, 3.63) is 41.5 Å². The largest absolute Gasteiger partial charge is 0.872 e. The second-order valence-electron chi connectivity index (χ2n) is 5.39. The zero-order valence-electron chi connectivity index (χ0n) is 12.6. The van der Waals surface area contributed by atoms with Gasteiger partial charge in [-0.15, -0.1) is 5.75 Å². The van der Waals surface area contributed by atoms with E-state index < -0.39 is 29.0 Å². The molecule has 3 rings (SSSR count). The lowest BCUT2D eigenvalue weighted by molar-refractivity contribution is -0.270. The van der Waals surface area contributed by atoms with E-state index in [1.807, 2.05) is 0 Å². The van der Waals surface area contributed by atoms with Crippen LogP contribution in [0.25, 0.3) is 0 Å². The highest BCUT2D eigenvalue weighted by atomic mass is 32.2. The lowest BCUT2D eigenvalue weighted by Crippen LogP contribution is -2.31. The quantitative estimate of drug-likeness (QED) is 0.708. The Morgan fingerprint density at radius 1 is 1.33 bits per heavy atom. The summed E-state index contributed by atoms with van der Waals surface area (Å²) in [5.41, 5.74) is 0.750. The van der Waals surface area contributed by atoms with E-state index in [0.717, 1.165) is 6.07 Å². The second-order valence-corrected chi connectivity index (χ2v) is 6.36. The molecule has 1 aliphatic rings. The molecule has 0 spiro atoms. The predicted octanol–water partition coefficient (Wildman–Crippen LogP) is 1.09. The van der Waals surface area contributed by atoms with Gasteiger partial charge in [0.2, 0.25) is 0 Å². The lowest BCUT2D eigenvalue weighted by atomic mass is 9.94. The molecule has 0 amide bonds. The molecular weight excluding hydrogens is 336 g/mol. The number of rotatable bonds is 3. The summed E-state index contributed by atoms with van der Waals surface area (Å²) >= 11 is -2.31. The number of fused-ring (bicyclic) bond motifs is 1. The van der Waals surface area contributed by atoms with E-state index in [1.54, 1.807) is 6.07 Å². The fourth-order valence-electron chi connectivity index (χ4n) is 2.71. The van der Waals surface area contributed by atoms with E-state index in [9.17, 15) is 19.5 Å². The summed E-state index contributed by atoms with van der Waals surface area (Å²) in [5.74, 6) is -0.124. The molecule has 0 aliphatic carbocycles. The maximum absolute atomic E-state index is 12.0. The van der Waals surface area contributed by atoms with Gasteiger partial charge in [0.25, 0.3) is 0 Å². The lowest BCUT2D eigenvalue weighted by Gasteiger charge is -2.33. The van der Waals surface area contributed by atoms with E-state index in [2.05, 4.69) is 0 Å². The Bertz CT molecular complexity index is 805. The van der Waals surface area contributed by atoms with Crippen LogP contribution in [0.5, 0.6) is 23.0 Å². The van der Waals surface area contributed by atoms with Crippen LogP contribution >= 0.6 is 0 Å². The number of benzene rings is 2. The molecule has 8 heteroatoms. The molecule has 1 aliphatic heterocycles. The number of hydrogen-bond acceptors (Lipinski definition) is 6. The topological polar surface area (TPSA) is 119 Å². The molecule has 0 bridgehead atoms. The monoisotopic (exact) mass is 351 g/mol. The number of phenols is 1. The van der Waals surface area contributed by atoms with E-state index in [1.165, 1.54) is 25.3 Å². The van der Waals surface area contributed by atoms with Crippen molar-refractivity contribution in [2.45, 2.75) is 23.5 Å². The molecule has 2 aromatic carbocycles. The third-order valence-corrected chi connectivity index (χ3v) is 4.53. The third-order valence-electron chi connectivity index (χ3n) is 3.89. The first-order valence-corrected chi connectivity index (χ1v) is 8.17. The minimum Gasteiger partial charge on any atom is -0.872 e. The molecule has 2 aromatic rings. The van der Waals surface area contributed by atoms with Crippen LogP contribution in [0.2, 0.25) is 0 Å². The molecule has 0 saturated carbocycles. The Morgan fingerprint density at radius 2 is 2.08 bits per heavy atom. The van der Waals surface area contributed by atoms with Crippen molar-refractivity contribution in [3.63, 3.8) is 0 Å². The first-order chi connectivity index (χ1) is 11.4. The van der Waals surface area contributed by atoms with Gasteiger partial charge in [0.1, 0.15) is 11.9 Å². The Labute approximate surface area is 140 Å². The smallest absolute Gasteiger partial charge is 0.186 e. The molecule has 0 aromatic heterocycles. The number of aliphatic hydroxyl groups excluding tert-OH is 1. The van der Waals surface area contributed by atoms with Gasteiger partial charge in [-0.05, 0) is 29.3 Å². The Hall–Kier alpha value is -2.29. The average molecular weight is 351 g/mol. The maximum atomic E-state index is 12.0. The van der Waals surface area contributed by atoms with Crippen molar-refractivity contribution in [2.24, 2.45) is 0 Å². The van der Waals surface area contributed by atoms with Crippen molar-refractivity contribution in [1.29, 1.82) is 0 Å². The summed E-state index contributed by atoms with van der Waals surface area (Å²) in [6.07, 6.45) is -1.77. The number of aromatic hydroxyl groups is 1. The minimum atomic E-state index is -2.31. The van der Waals surface area contributed by atoms with Crippen molar-refractivity contribution in [2.75, 3.05) is 7.11 Å². The zero-order chi connectivity index (χ0) is 17.4. The van der Waals surface area contributed by atoms with Gasteiger partial charge in [0, 0.05) is 6.42 Å². The molecule has 3 unspecified atom stereocenters. The van der Waals surface area contributed by atoms with Crippen LogP contribution in [0.15, 0.2) is 35.2 Å². The molecule has 7 nitrogen and oxygen atoms in total. The molecular formula is C16H15O7S-. The Balaban J connectivity index is 1.99. The fraction of sp³-hybridized carbons (Fsp3) is 0.250. The van der Waals surface area contributed by atoms with E-state index in [-0.39, 0.29) is 34.1 Å². The summed E-state index contributed by atoms with van der Waals surface area (Å²) in [7, 11) is 1.42. The van der Waals surface area contributed by atoms with Crippen molar-refractivity contribution in [3.8, 4) is 23.0 Å². The van der Waals surface area contributed by atoms with Gasteiger partial charge in [-0.2, -0.15) is 0 Å². The van der Waals surface area contributed by atoms with E-state index >= 15 is 0 Å². The van der Waals surface area contributed by atoms with Gasteiger partial charge < -0.3 is 29.3 Å². The minimum absolute atomic E-state index is 0.0456. The number of methoxy groups -OCH3 is 1. The van der Waals surface area contributed by atoms with Crippen LogP contribution < -0.4 is 14.6 Å². The SMILES string of the molecule is COc1ccc(C2Oc3cc(S(=O)O)cc([O-])c3CC2O)cc1O. The van der Waals surface area contributed by atoms with Crippen molar-refractivity contribution >= 4 is 11.1 Å². The van der Waals surface area contributed by atoms with Crippen LogP contribution in [0, 0.1) is 0 Å². The molecule has 0 fully saturated rings. The fourth-order valence-corrected chi connectivity index (χ4v) is 3.12. The molecule has 0 saturated heterocycles. The van der Waals surface area contributed by atoms with Crippen LogP contribution in [0.4, 0.5) is 0 Å². The molecule has 0 radical (unpaired) electrons. The normalized spacial score (nSPS) is 20.8. The molecule has 3 N–H and O–H groups in total. The zero-order valence-corrected chi connectivity index (χ0v) is 13.4. The first-order valence-electron chi connectivity index (χ1n) is 7.07. The first kappa shape index (κ1) is 16.6. The Morgan fingerprint density at radius 3 is 2.71 bits per heavy atom. The van der Waals surface area contributed by atoms with Crippen LogP contribution in [-0.4, -0.2) is 32.2 Å². The Kier molecular flexibility index (Phi) is 4.35. The maximum Gasteiger partial charge on any atom is 0.186 e. The summed E-state index contributed by atoms with van der Waals surface area (Å²) in [6, 6.07) is 6.95. The number of ether oxygens (including phenoxy) is 2. The van der Waals surface area contributed by atoms with Crippen molar-refractivity contribution < 1.29 is 33.6 Å². The summed E-state index contributed by atoms with van der Waals surface area (Å²) < 4.78 is 31.0. The number of phenolic OH excluding ortho intramolecular Hbond substituents is 1. The van der Waals surface area contributed by atoms with Crippen molar-refractivity contribution in [1.82, 2.24) is 0 Å². The van der Waals surface area contributed by atoms with E-state index in [0.29, 0.717) is 5.56 Å². The van der Waals surface area contributed by atoms with Gasteiger partial charge in [0.15, 0.2) is 22.6 Å².